The van der Waals surface area contributed by atoms with E-state index in [1.54, 1.807) is 6.92 Å². The van der Waals surface area contributed by atoms with E-state index >= 15 is 0 Å². The molecule has 76 valence electrons. The first-order chi connectivity index (χ1) is 6.11. The summed E-state index contributed by atoms with van der Waals surface area (Å²) in [5.74, 6) is 0.0793. The minimum absolute atomic E-state index is 0.0793. The Morgan fingerprint density at radius 2 is 2.31 bits per heavy atom. The molecule has 1 atom stereocenters. The number of nitrogens with one attached hydrogen (secondary N) is 1. The molecule has 0 aromatic rings. The predicted octanol–water partition coefficient (Wildman–Crippen LogP) is 0.995. The highest BCUT2D eigenvalue weighted by Gasteiger charge is 2.25. The van der Waals surface area contributed by atoms with Gasteiger partial charge in [-0.2, -0.15) is 0 Å². The van der Waals surface area contributed by atoms with Crippen molar-refractivity contribution in [3.63, 3.8) is 0 Å². The summed E-state index contributed by atoms with van der Waals surface area (Å²) in [6.45, 7) is 8.00. The molecule has 0 unspecified atom stereocenters. The van der Waals surface area contributed by atoms with Crippen molar-refractivity contribution < 1.29 is 4.79 Å². The molecule has 3 heteroatoms. The van der Waals surface area contributed by atoms with Gasteiger partial charge < -0.3 is 5.32 Å². The zero-order chi connectivity index (χ0) is 9.84. The third-order valence-electron chi connectivity index (χ3n) is 2.67. The summed E-state index contributed by atoms with van der Waals surface area (Å²) in [7, 11) is 0. The zero-order valence-electron chi connectivity index (χ0n) is 8.84. The van der Waals surface area contributed by atoms with Crippen molar-refractivity contribution in [2.45, 2.75) is 45.7 Å². The summed E-state index contributed by atoms with van der Waals surface area (Å²) in [6, 6.07) is 1.16. The van der Waals surface area contributed by atoms with Gasteiger partial charge in [0.25, 0.3) is 0 Å². The van der Waals surface area contributed by atoms with Crippen LogP contribution in [0.25, 0.3) is 0 Å². The summed E-state index contributed by atoms with van der Waals surface area (Å²) < 4.78 is 0. The number of nitrogens with zero attached hydrogens (tertiary/aromatic N) is 1. The monoisotopic (exact) mass is 184 g/mol. The van der Waals surface area contributed by atoms with Gasteiger partial charge in [-0.3, -0.25) is 9.69 Å². The smallest absolute Gasteiger partial charge is 0.216 e. The Bertz CT molecular complexity index is 180. The van der Waals surface area contributed by atoms with Gasteiger partial charge in [0.05, 0.1) is 0 Å². The SMILES string of the molecule is CC(=O)NC[C@H]1CCCN1C(C)C. The minimum Gasteiger partial charge on any atom is -0.355 e. The van der Waals surface area contributed by atoms with Crippen LogP contribution in [-0.4, -0.2) is 36.0 Å². The van der Waals surface area contributed by atoms with Crippen LogP contribution in [0.15, 0.2) is 0 Å². The first-order valence-corrected chi connectivity index (χ1v) is 5.11. The molecule has 0 bridgehead atoms. The van der Waals surface area contributed by atoms with Gasteiger partial charge in [-0.15, -0.1) is 0 Å². The van der Waals surface area contributed by atoms with Gasteiger partial charge in [0.2, 0.25) is 5.91 Å². The number of carbonyl (C=O) groups is 1. The standard InChI is InChI=1S/C10H20N2O/c1-8(2)12-6-4-5-10(12)7-11-9(3)13/h8,10H,4-7H2,1-3H3,(H,11,13)/t10-/m1/s1. The van der Waals surface area contributed by atoms with Gasteiger partial charge in [-0.1, -0.05) is 0 Å². The molecule has 3 nitrogen and oxygen atoms in total. The molecule has 0 aromatic carbocycles. The molecule has 0 radical (unpaired) electrons. The van der Waals surface area contributed by atoms with Crippen molar-refractivity contribution >= 4 is 5.91 Å². The highest BCUT2D eigenvalue weighted by molar-refractivity contribution is 5.72. The number of amides is 1. The molecule has 13 heavy (non-hydrogen) atoms. The van der Waals surface area contributed by atoms with Gasteiger partial charge in [0, 0.05) is 25.6 Å². The van der Waals surface area contributed by atoms with Crippen LogP contribution in [-0.2, 0) is 4.79 Å². The Kier molecular flexibility index (Phi) is 3.72. The fourth-order valence-electron chi connectivity index (χ4n) is 2.02. The van der Waals surface area contributed by atoms with Gasteiger partial charge in [0.1, 0.15) is 0 Å². The Hall–Kier alpha value is -0.570. The van der Waals surface area contributed by atoms with Gasteiger partial charge in [-0.25, -0.2) is 0 Å². The summed E-state index contributed by atoms with van der Waals surface area (Å²) >= 11 is 0. The lowest BCUT2D eigenvalue weighted by molar-refractivity contribution is -0.119. The van der Waals surface area contributed by atoms with E-state index in [0.717, 1.165) is 6.54 Å². The third-order valence-corrected chi connectivity index (χ3v) is 2.67. The first-order valence-electron chi connectivity index (χ1n) is 5.11. The molecule has 0 spiro atoms. The third kappa shape index (κ3) is 2.99. The van der Waals surface area contributed by atoms with Crippen LogP contribution < -0.4 is 5.32 Å². The maximum absolute atomic E-state index is 10.7. The lowest BCUT2D eigenvalue weighted by Crippen LogP contribution is -2.42. The summed E-state index contributed by atoms with van der Waals surface area (Å²) in [5, 5.41) is 2.89. The number of hydrogen-bond acceptors (Lipinski definition) is 2. The molecule has 1 heterocycles. The average molecular weight is 184 g/mol. The molecule has 1 saturated heterocycles. The molecule has 1 fully saturated rings. The minimum atomic E-state index is 0.0793. The fourth-order valence-corrected chi connectivity index (χ4v) is 2.02. The van der Waals surface area contributed by atoms with Crippen LogP contribution in [0.2, 0.25) is 0 Å². The van der Waals surface area contributed by atoms with Crippen molar-refractivity contribution in [3.05, 3.63) is 0 Å². The largest absolute Gasteiger partial charge is 0.355 e. The van der Waals surface area contributed by atoms with Crippen molar-refractivity contribution in [1.29, 1.82) is 0 Å². The molecule has 1 amide bonds. The van der Waals surface area contributed by atoms with Crippen molar-refractivity contribution in [2.75, 3.05) is 13.1 Å². The molecule has 1 N–H and O–H groups in total. The van der Waals surface area contributed by atoms with Crippen molar-refractivity contribution in [3.8, 4) is 0 Å². The second-order valence-corrected chi connectivity index (χ2v) is 4.06. The molecule has 1 aliphatic heterocycles. The van der Waals surface area contributed by atoms with Gasteiger partial charge in [0.15, 0.2) is 0 Å². The van der Waals surface area contributed by atoms with Gasteiger partial charge in [-0.05, 0) is 33.2 Å². The van der Waals surface area contributed by atoms with Crippen molar-refractivity contribution in [2.24, 2.45) is 0 Å². The molecule has 1 aliphatic rings. The van der Waals surface area contributed by atoms with E-state index in [2.05, 4.69) is 24.1 Å². The zero-order valence-corrected chi connectivity index (χ0v) is 8.84. The molecule has 0 aromatic heterocycles. The second-order valence-electron chi connectivity index (χ2n) is 4.06. The Labute approximate surface area is 80.5 Å². The number of hydrogen-bond donors (Lipinski definition) is 1. The topological polar surface area (TPSA) is 32.3 Å². The van der Waals surface area contributed by atoms with Crippen LogP contribution in [0.4, 0.5) is 0 Å². The maximum atomic E-state index is 10.7. The molecular weight excluding hydrogens is 164 g/mol. The lowest BCUT2D eigenvalue weighted by Gasteiger charge is -2.28. The number of rotatable bonds is 3. The summed E-state index contributed by atoms with van der Waals surface area (Å²) in [4.78, 5) is 13.2. The Morgan fingerprint density at radius 1 is 1.62 bits per heavy atom. The fraction of sp³-hybridized carbons (Fsp3) is 0.900. The molecule has 0 aliphatic carbocycles. The Morgan fingerprint density at radius 3 is 2.85 bits per heavy atom. The van der Waals surface area contributed by atoms with Crippen LogP contribution in [0, 0.1) is 0 Å². The summed E-state index contributed by atoms with van der Waals surface area (Å²) in [5.41, 5.74) is 0. The van der Waals surface area contributed by atoms with E-state index in [9.17, 15) is 4.79 Å². The van der Waals surface area contributed by atoms with Crippen molar-refractivity contribution in [1.82, 2.24) is 10.2 Å². The average Bonchev–Trinajstić information content (AvgIpc) is 2.47. The number of carbonyl (C=O) groups excluding carboxylic acids is 1. The van der Waals surface area contributed by atoms with Crippen LogP contribution in [0.5, 0.6) is 0 Å². The second kappa shape index (κ2) is 4.61. The van der Waals surface area contributed by atoms with E-state index in [1.165, 1.54) is 19.4 Å². The van der Waals surface area contributed by atoms with Crippen LogP contribution in [0.1, 0.15) is 33.6 Å². The summed E-state index contributed by atoms with van der Waals surface area (Å²) in [6.07, 6.45) is 2.49. The normalized spacial score (nSPS) is 23.8. The van der Waals surface area contributed by atoms with Crippen LogP contribution >= 0.6 is 0 Å². The molecular formula is C10H20N2O. The number of likely N-dealkylation sites (tertiary alicyclic amines) is 1. The molecule has 0 saturated carbocycles. The van der Waals surface area contributed by atoms with Gasteiger partial charge >= 0.3 is 0 Å². The first kappa shape index (κ1) is 10.5. The van der Waals surface area contributed by atoms with E-state index in [-0.39, 0.29) is 5.91 Å². The highest BCUT2D eigenvalue weighted by Crippen LogP contribution is 2.18. The van der Waals surface area contributed by atoms with E-state index in [0.29, 0.717) is 12.1 Å². The van der Waals surface area contributed by atoms with E-state index in [1.807, 2.05) is 0 Å². The van der Waals surface area contributed by atoms with Crippen LogP contribution in [0.3, 0.4) is 0 Å². The van der Waals surface area contributed by atoms with E-state index < -0.39 is 0 Å². The molecule has 1 rings (SSSR count). The maximum Gasteiger partial charge on any atom is 0.216 e. The lowest BCUT2D eigenvalue weighted by atomic mass is 10.2. The Balaban J connectivity index is 2.35. The quantitative estimate of drug-likeness (QED) is 0.709. The predicted molar refractivity (Wildman–Crippen MR) is 53.5 cm³/mol. The highest BCUT2D eigenvalue weighted by atomic mass is 16.1. The van der Waals surface area contributed by atoms with E-state index in [4.69, 9.17) is 0 Å².